The number of fused-ring (bicyclic) bond motifs is 2. The van der Waals surface area contributed by atoms with Gasteiger partial charge in [0.25, 0.3) is 11.8 Å². The van der Waals surface area contributed by atoms with E-state index < -0.39 is 35.8 Å². The highest BCUT2D eigenvalue weighted by Gasteiger charge is 2.28. The molecule has 0 unspecified atom stereocenters. The molecule has 0 fully saturated rings. The number of aromatic nitrogens is 1. The highest BCUT2D eigenvalue weighted by atomic mass is 32.2. The minimum atomic E-state index is -1.20. The van der Waals surface area contributed by atoms with Gasteiger partial charge >= 0.3 is 5.97 Å². The molecule has 0 saturated heterocycles. The molecule has 2 atom stereocenters. The first-order valence-corrected chi connectivity index (χ1v) is 15.7. The predicted octanol–water partition coefficient (Wildman–Crippen LogP) is 3.03. The lowest BCUT2D eigenvalue weighted by Crippen LogP contribution is -2.47. The van der Waals surface area contributed by atoms with Gasteiger partial charge in [-0.2, -0.15) is 0 Å². The second kappa shape index (κ2) is 16.5. The highest BCUT2D eigenvalue weighted by Crippen LogP contribution is 2.20. The first kappa shape index (κ1) is 33.4. The maximum atomic E-state index is 13.5. The molecule has 1 aromatic heterocycles. The molecule has 2 bridgehead atoms. The summed E-state index contributed by atoms with van der Waals surface area (Å²) < 4.78 is 5.72. The maximum Gasteiger partial charge on any atom is 0.329 e. The number of carbonyl (C=O) groups excluding carboxylic acids is 5. The topological polar surface area (TPSA) is 164 Å². The van der Waals surface area contributed by atoms with E-state index in [9.17, 15) is 29.1 Å². The van der Waals surface area contributed by atoms with Crippen LogP contribution in [0.2, 0.25) is 0 Å². The molecule has 13 heteroatoms. The molecular weight excluding hydrogens is 592 g/mol. The number of benzene rings is 1. The molecule has 0 saturated carbocycles. The first-order chi connectivity index (χ1) is 20.6. The van der Waals surface area contributed by atoms with Crippen molar-refractivity contribution in [2.45, 2.75) is 56.7 Å². The van der Waals surface area contributed by atoms with E-state index >= 15 is 0 Å². The number of amides is 3. The van der Waals surface area contributed by atoms with Gasteiger partial charge in [-0.3, -0.25) is 19.2 Å². The Bertz CT molecular complexity index is 1410. The summed E-state index contributed by atoms with van der Waals surface area (Å²) in [6, 6.07) is 8.31. The summed E-state index contributed by atoms with van der Waals surface area (Å²) in [7, 11) is 0. The number of hydrogen-bond donors (Lipinski definition) is 4. The predicted molar refractivity (Wildman–Crippen MR) is 164 cm³/mol. The quantitative estimate of drug-likeness (QED) is 0.118. The minimum Gasteiger partial charge on any atom is -0.508 e. The van der Waals surface area contributed by atoms with Crippen LogP contribution in [0.5, 0.6) is 5.75 Å². The summed E-state index contributed by atoms with van der Waals surface area (Å²) >= 11 is 2.46. The number of hydrogen-bond acceptors (Lipinski definition) is 10. The highest BCUT2D eigenvalue weighted by molar-refractivity contribution is 8.13. The standard InChI is InChI=1S/C30H34N4O7S2/c1-4-23-28(38)34-24(15-19-8-11-21(36)12-9-19)30(40)41-22(7-5-6-14-43-18(2)35)16-26(37)31-17-20-10-13-25(42-3)27(32-20)29(39)33-23/h4-5,7-13,22,24,36H,6,14-17H2,1-3H3,(H,31,37)(H,33,39)(H,34,38)/b7-5+,23-4+/t22-,24+/m1/s1. The van der Waals surface area contributed by atoms with Gasteiger partial charge < -0.3 is 25.8 Å². The van der Waals surface area contributed by atoms with Gasteiger partial charge in [-0.1, -0.05) is 36.0 Å². The van der Waals surface area contributed by atoms with Gasteiger partial charge in [-0.05, 0) is 55.5 Å². The van der Waals surface area contributed by atoms with Crippen molar-refractivity contribution in [1.29, 1.82) is 0 Å². The third kappa shape index (κ3) is 10.6. The van der Waals surface area contributed by atoms with E-state index in [2.05, 4.69) is 20.9 Å². The molecule has 0 spiro atoms. The Hall–Kier alpha value is -4.10. The van der Waals surface area contributed by atoms with Crippen molar-refractivity contribution < 1.29 is 33.8 Å². The molecule has 3 rings (SSSR count). The van der Waals surface area contributed by atoms with Crippen LogP contribution in [0.3, 0.4) is 0 Å². The number of rotatable bonds is 7. The fourth-order valence-corrected chi connectivity index (χ4v) is 5.07. The molecule has 2 heterocycles. The van der Waals surface area contributed by atoms with E-state index in [-0.39, 0.29) is 41.6 Å². The number of cyclic esters (lactones) is 1. The monoisotopic (exact) mass is 626 g/mol. The Balaban J connectivity index is 1.96. The number of thioether (sulfide) groups is 2. The van der Waals surface area contributed by atoms with Crippen LogP contribution in [0.15, 0.2) is 65.2 Å². The lowest BCUT2D eigenvalue weighted by molar-refractivity contribution is -0.151. The summed E-state index contributed by atoms with van der Waals surface area (Å²) in [4.78, 5) is 69.1. The lowest BCUT2D eigenvalue weighted by atomic mass is 10.1. The van der Waals surface area contributed by atoms with Crippen molar-refractivity contribution >= 4 is 52.3 Å². The SMILES string of the molecule is C/C=C1/NC(=O)c2nc(ccc2SC)CNC(=O)C[C@@H](/C=C/CCSC(C)=O)OC(=O)[C@H](Cc2ccc(O)cc2)NC1=O. The van der Waals surface area contributed by atoms with Crippen LogP contribution in [-0.2, 0) is 36.9 Å². The fourth-order valence-electron chi connectivity index (χ4n) is 3.99. The van der Waals surface area contributed by atoms with E-state index in [4.69, 9.17) is 4.74 Å². The Kier molecular flexibility index (Phi) is 12.8. The van der Waals surface area contributed by atoms with Gasteiger partial charge in [0.1, 0.15) is 29.3 Å². The molecule has 1 aromatic carbocycles. The normalized spacial score (nSPS) is 19.5. The minimum absolute atomic E-state index is 0.00784. The Morgan fingerprint density at radius 2 is 1.86 bits per heavy atom. The number of nitrogens with one attached hydrogen (secondary N) is 3. The maximum absolute atomic E-state index is 13.5. The smallest absolute Gasteiger partial charge is 0.329 e. The van der Waals surface area contributed by atoms with Crippen LogP contribution in [0.4, 0.5) is 0 Å². The molecular formula is C30H34N4O7S2. The third-order valence-electron chi connectivity index (χ3n) is 6.16. The molecule has 2 aromatic rings. The van der Waals surface area contributed by atoms with Crippen molar-refractivity contribution in [3.8, 4) is 5.75 Å². The molecule has 11 nitrogen and oxygen atoms in total. The largest absolute Gasteiger partial charge is 0.508 e. The molecule has 0 radical (unpaired) electrons. The van der Waals surface area contributed by atoms with E-state index in [1.807, 2.05) is 0 Å². The van der Waals surface area contributed by atoms with Crippen molar-refractivity contribution in [2.75, 3.05) is 12.0 Å². The van der Waals surface area contributed by atoms with Crippen LogP contribution in [-0.4, -0.2) is 63.1 Å². The van der Waals surface area contributed by atoms with Crippen molar-refractivity contribution in [2.24, 2.45) is 0 Å². The Labute approximate surface area is 258 Å². The van der Waals surface area contributed by atoms with Gasteiger partial charge in [0.2, 0.25) is 5.91 Å². The van der Waals surface area contributed by atoms with Gasteiger partial charge in [-0.15, -0.1) is 11.8 Å². The van der Waals surface area contributed by atoms with Crippen molar-refractivity contribution in [1.82, 2.24) is 20.9 Å². The number of phenols is 1. The first-order valence-electron chi connectivity index (χ1n) is 13.5. The zero-order valence-electron chi connectivity index (χ0n) is 24.0. The molecule has 228 valence electrons. The number of esters is 1. The summed E-state index contributed by atoms with van der Waals surface area (Å²) in [6.45, 7) is 3.07. The van der Waals surface area contributed by atoms with Crippen LogP contribution >= 0.6 is 23.5 Å². The zero-order valence-corrected chi connectivity index (χ0v) is 25.7. The van der Waals surface area contributed by atoms with Crippen molar-refractivity contribution in [3.05, 3.63) is 77.3 Å². The van der Waals surface area contributed by atoms with E-state index in [1.54, 1.807) is 49.6 Å². The van der Waals surface area contributed by atoms with Crippen LogP contribution in [0, 0.1) is 0 Å². The molecule has 43 heavy (non-hydrogen) atoms. The second-order valence-corrected chi connectivity index (χ2v) is 11.5. The lowest BCUT2D eigenvalue weighted by Gasteiger charge is -2.22. The number of phenolic OH excluding ortho intramolecular Hbond substituents is 1. The Morgan fingerprint density at radius 1 is 1.12 bits per heavy atom. The average Bonchev–Trinajstić information content (AvgIpc) is 2.98. The zero-order chi connectivity index (χ0) is 31.4. The van der Waals surface area contributed by atoms with Gasteiger partial charge in [0.05, 0.1) is 18.7 Å². The van der Waals surface area contributed by atoms with Gasteiger partial charge in [-0.25, -0.2) is 9.78 Å². The fraction of sp³-hybridized carbons (Fsp3) is 0.333. The summed E-state index contributed by atoms with van der Waals surface area (Å²) in [5.41, 5.74) is 1.04. The second-order valence-electron chi connectivity index (χ2n) is 9.42. The summed E-state index contributed by atoms with van der Waals surface area (Å²) in [6.07, 6.45) is 5.85. The number of aromatic hydroxyl groups is 1. The van der Waals surface area contributed by atoms with E-state index in [0.717, 1.165) is 11.8 Å². The summed E-state index contributed by atoms with van der Waals surface area (Å²) in [5, 5.41) is 17.6. The van der Waals surface area contributed by atoms with Gasteiger partial charge in [0.15, 0.2) is 5.12 Å². The number of carbonyl (C=O) groups is 5. The number of pyridine rings is 1. The van der Waals surface area contributed by atoms with E-state index in [0.29, 0.717) is 28.3 Å². The average molecular weight is 627 g/mol. The number of nitrogens with zero attached hydrogens (tertiary/aromatic N) is 1. The number of ether oxygens (including phenoxy) is 1. The van der Waals surface area contributed by atoms with Gasteiger partial charge in [0, 0.05) is 24.0 Å². The summed E-state index contributed by atoms with van der Waals surface area (Å²) in [5.74, 6) is -2.02. The van der Waals surface area contributed by atoms with Crippen LogP contribution in [0.25, 0.3) is 0 Å². The molecule has 1 aliphatic heterocycles. The van der Waals surface area contributed by atoms with Crippen molar-refractivity contribution in [3.63, 3.8) is 0 Å². The van der Waals surface area contributed by atoms with E-state index in [1.165, 1.54) is 36.9 Å². The molecule has 4 N–H and O–H groups in total. The molecule has 1 aliphatic rings. The molecule has 3 amide bonds. The number of allylic oxidation sites excluding steroid dienone is 2. The molecule has 0 aliphatic carbocycles. The van der Waals surface area contributed by atoms with Crippen LogP contribution in [0.1, 0.15) is 48.4 Å². The van der Waals surface area contributed by atoms with Crippen LogP contribution < -0.4 is 16.0 Å². The Morgan fingerprint density at radius 3 is 2.53 bits per heavy atom. The third-order valence-corrected chi connectivity index (χ3v) is 7.78.